The molecule has 1 atom stereocenters. The molecule has 0 fully saturated rings. The van der Waals surface area contributed by atoms with Crippen molar-refractivity contribution in [2.75, 3.05) is 6.54 Å². The molecule has 0 aliphatic carbocycles. The van der Waals surface area contributed by atoms with E-state index in [4.69, 9.17) is 5.73 Å². The predicted octanol–water partition coefficient (Wildman–Crippen LogP) is 3.22. The average Bonchev–Trinajstić information content (AvgIpc) is 2.18. The highest BCUT2D eigenvalue weighted by atomic mass is 19.3. The summed E-state index contributed by atoms with van der Waals surface area (Å²) in [7, 11) is 0. The van der Waals surface area contributed by atoms with Crippen LogP contribution in [0.3, 0.4) is 0 Å². The smallest absolute Gasteiger partial charge is 0.263 e. The average molecular weight is 217 g/mol. The largest absolute Gasteiger partial charge is 0.330 e. The van der Waals surface area contributed by atoms with Gasteiger partial charge in [0.15, 0.2) is 0 Å². The lowest BCUT2D eigenvalue weighted by Gasteiger charge is -2.13. The van der Waals surface area contributed by atoms with Gasteiger partial charge in [-0.05, 0) is 36.6 Å². The van der Waals surface area contributed by atoms with E-state index in [1.807, 2.05) is 0 Å². The van der Waals surface area contributed by atoms with Gasteiger partial charge in [-0.25, -0.2) is 13.2 Å². The molecule has 1 unspecified atom stereocenters. The lowest BCUT2D eigenvalue weighted by molar-refractivity contribution is 0.151. The Labute approximate surface area is 87.1 Å². The summed E-state index contributed by atoms with van der Waals surface area (Å²) in [4.78, 5) is 0. The van der Waals surface area contributed by atoms with E-state index in [1.54, 1.807) is 6.92 Å². The van der Waals surface area contributed by atoms with Crippen molar-refractivity contribution in [2.24, 2.45) is 5.73 Å². The molecule has 0 aromatic heterocycles. The van der Waals surface area contributed by atoms with Crippen LogP contribution < -0.4 is 5.73 Å². The van der Waals surface area contributed by atoms with E-state index in [1.165, 1.54) is 6.07 Å². The third-order valence-corrected chi connectivity index (χ3v) is 2.40. The Balaban J connectivity index is 2.99. The van der Waals surface area contributed by atoms with Crippen LogP contribution in [0.2, 0.25) is 0 Å². The molecule has 0 saturated carbocycles. The van der Waals surface area contributed by atoms with Crippen LogP contribution in [-0.2, 0) is 0 Å². The Kier molecular flexibility index (Phi) is 4.15. The van der Waals surface area contributed by atoms with Gasteiger partial charge in [0.25, 0.3) is 6.43 Å². The van der Waals surface area contributed by atoms with E-state index in [0.29, 0.717) is 18.5 Å². The number of rotatable bonds is 4. The van der Waals surface area contributed by atoms with Crippen molar-refractivity contribution in [3.63, 3.8) is 0 Å². The standard InChI is InChI=1S/C11H14F3N/c1-7(4-5-15)9-6-8(11(13)14)2-3-10(9)12/h2-3,6-7,11H,4-5,15H2,1H3. The van der Waals surface area contributed by atoms with Crippen LogP contribution in [0.15, 0.2) is 18.2 Å². The fourth-order valence-corrected chi connectivity index (χ4v) is 1.48. The molecular formula is C11H14F3N. The van der Waals surface area contributed by atoms with Crippen LogP contribution in [0.25, 0.3) is 0 Å². The Morgan fingerprint density at radius 2 is 2.00 bits per heavy atom. The van der Waals surface area contributed by atoms with Crippen molar-refractivity contribution >= 4 is 0 Å². The predicted molar refractivity (Wildman–Crippen MR) is 53.4 cm³/mol. The van der Waals surface area contributed by atoms with Crippen LogP contribution in [0.5, 0.6) is 0 Å². The van der Waals surface area contributed by atoms with Gasteiger partial charge in [-0.15, -0.1) is 0 Å². The number of alkyl halides is 2. The van der Waals surface area contributed by atoms with Gasteiger partial charge < -0.3 is 5.73 Å². The van der Waals surface area contributed by atoms with E-state index in [9.17, 15) is 13.2 Å². The molecule has 1 nitrogen and oxygen atoms in total. The first-order valence-electron chi connectivity index (χ1n) is 4.83. The van der Waals surface area contributed by atoms with Crippen molar-refractivity contribution in [3.8, 4) is 0 Å². The molecule has 4 heteroatoms. The first-order chi connectivity index (χ1) is 7.06. The third kappa shape index (κ3) is 2.96. The zero-order chi connectivity index (χ0) is 11.4. The maximum absolute atomic E-state index is 13.3. The van der Waals surface area contributed by atoms with E-state index >= 15 is 0 Å². The molecule has 84 valence electrons. The highest BCUT2D eigenvalue weighted by Gasteiger charge is 2.14. The monoisotopic (exact) mass is 217 g/mol. The minimum absolute atomic E-state index is 0.131. The zero-order valence-corrected chi connectivity index (χ0v) is 8.51. The summed E-state index contributed by atoms with van der Waals surface area (Å²) >= 11 is 0. The number of halogens is 3. The molecule has 0 spiro atoms. The van der Waals surface area contributed by atoms with Crippen molar-refractivity contribution in [1.82, 2.24) is 0 Å². The molecule has 0 aliphatic rings. The van der Waals surface area contributed by atoms with Crippen molar-refractivity contribution in [3.05, 3.63) is 35.1 Å². The Bertz CT molecular complexity index is 326. The van der Waals surface area contributed by atoms with Crippen LogP contribution in [0, 0.1) is 5.82 Å². The summed E-state index contributed by atoms with van der Waals surface area (Å²) in [6, 6.07) is 3.42. The van der Waals surface area contributed by atoms with Gasteiger partial charge in [-0.3, -0.25) is 0 Å². The fraction of sp³-hybridized carbons (Fsp3) is 0.455. The Morgan fingerprint density at radius 3 is 2.53 bits per heavy atom. The third-order valence-electron chi connectivity index (χ3n) is 2.40. The summed E-state index contributed by atoms with van der Waals surface area (Å²) in [5, 5.41) is 0. The second-order valence-electron chi connectivity index (χ2n) is 3.56. The fourth-order valence-electron chi connectivity index (χ4n) is 1.48. The highest BCUT2D eigenvalue weighted by Crippen LogP contribution is 2.27. The van der Waals surface area contributed by atoms with Gasteiger partial charge in [0, 0.05) is 5.56 Å². The van der Waals surface area contributed by atoms with Gasteiger partial charge >= 0.3 is 0 Å². The quantitative estimate of drug-likeness (QED) is 0.823. The minimum Gasteiger partial charge on any atom is -0.330 e. The van der Waals surface area contributed by atoms with Crippen molar-refractivity contribution in [1.29, 1.82) is 0 Å². The summed E-state index contributed by atoms with van der Waals surface area (Å²) in [6.07, 6.45) is -1.97. The molecule has 0 bridgehead atoms. The molecule has 0 saturated heterocycles. The molecule has 1 aromatic rings. The van der Waals surface area contributed by atoms with Gasteiger partial charge in [0.1, 0.15) is 5.82 Å². The van der Waals surface area contributed by atoms with Crippen LogP contribution in [0.1, 0.15) is 36.8 Å². The van der Waals surface area contributed by atoms with Gasteiger partial charge in [0.2, 0.25) is 0 Å². The molecule has 0 radical (unpaired) electrons. The normalized spacial score (nSPS) is 13.2. The number of hydrogen-bond donors (Lipinski definition) is 1. The summed E-state index contributed by atoms with van der Waals surface area (Å²) in [5.74, 6) is -0.575. The number of hydrogen-bond acceptors (Lipinski definition) is 1. The zero-order valence-electron chi connectivity index (χ0n) is 8.51. The van der Waals surface area contributed by atoms with E-state index in [0.717, 1.165) is 12.1 Å². The summed E-state index contributed by atoms with van der Waals surface area (Å²) in [6.45, 7) is 2.19. The maximum atomic E-state index is 13.3. The molecule has 0 amide bonds. The van der Waals surface area contributed by atoms with Gasteiger partial charge in [-0.1, -0.05) is 13.0 Å². The van der Waals surface area contributed by atoms with Crippen LogP contribution in [0.4, 0.5) is 13.2 Å². The highest BCUT2D eigenvalue weighted by molar-refractivity contribution is 5.28. The molecule has 2 N–H and O–H groups in total. The first-order valence-corrected chi connectivity index (χ1v) is 4.83. The summed E-state index contributed by atoms with van der Waals surface area (Å²) in [5.41, 5.74) is 5.52. The summed E-state index contributed by atoms with van der Waals surface area (Å²) < 4.78 is 38.1. The van der Waals surface area contributed by atoms with E-state index in [-0.39, 0.29) is 11.5 Å². The lowest BCUT2D eigenvalue weighted by Crippen LogP contribution is -2.06. The minimum atomic E-state index is -2.56. The first kappa shape index (κ1) is 12.0. The van der Waals surface area contributed by atoms with Crippen molar-refractivity contribution < 1.29 is 13.2 Å². The van der Waals surface area contributed by atoms with E-state index in [2.05, 4.69) is 0 Å². The van der Waals surface area contributed by atoms with Crippen LogP contribution in [-0.4, -0.2) is 6.54 Å². The van der Waals surface area contributed by atoms with Gasteiger partial charge in [0.05, 0.1) is 0 Å². The number of nitrogens with two attached hydrogens (primary N) is 1. The molecule has 15 heavy (non-hydrogen) atoms. The molecule has 1 rings (SSSR count). The SMILES string of the molecule is CC(CCN)c1cc(C(F)F)ccc1F. The van der Waals surface area contributed by atoms with E-state index < -0.39 is 12.2 Å². The second-order valence-corrected chi connectivity index (χ2v) is 3.56. The lowest BCUT2D eigenvalue weighted by atomic mass is 9.95. The molecule has 1 aromatic carbocycles. The van der Waals surface area contributed by atoms with Crippen molar-refractivity contribution in [2.45, 2.75) is 25.7 Å². The Hall–Kier alpha value is -1.03. The van der Waals surface area contributed by atoms with Gasteiger partial charge in [-0.2, -0.15) is 0 Å². The topological polar surface area (TPSA) is 26.0 Å². The molecular weight excluding hydrogens is 203 g/mol. The molecule has 0 heterocycles. The maximum Gasteiger partial charge on any atom is 0.263 e. The Morgan fingerprint density at radius 1 is 1.33 bits per heavy atom. The number of benzene rings is 1. The van der Waals surface area contributed by atoms with Crippen LogP contribution >= 0.6 is 0 Å². The second kappa shape index (κ2) is 5.16. The molecule has 0 aliphatic heterocycles.